The molecule has 1 rings (SSSR count). The standard InChI is InChI=1S/C12H23NO2/c1-4-5-11(9-15-3)13-7-6-12(14)8-10(13)2/h10-11H,4-9H2,1-3H3. The minimum absolute atomic E-state index is 0.387. The number of hydrogen-bond donors (Lipinski definition) is 0. The summed E-state index contributed by atoms with van der Waals surface area (Å²) in [5.74, 6) is 0.409. The van der Waals surface area contributed by atoms with E-state index in [2.05, 4.69) is 18.7 Å². The number of ketones is 1. The van der Waals surface area contributed by atoms with Gasteiger partial charge >= 0.3 is 0 Å². The first-order valence-corrected chi connectivity index (χ1v) is 5.95. The van der Waals surface area contributed by atoms with Gasteiger partial charge in [-0.3, -0.25) is 9.69 Å². The SMILES string of the molecule is CCCC(COC)N1CCC(=O)CC1C. The van der Waals surface area contributed by atoms with E-state index < -0.39 is 0 Å². The van der Waals surface area contributed by atoms with Gasteiger partial charge in [-0.15, -0.1) is 0 Å². The first-order valence-electron chi connectivity index (χ1n) is 5.95. The Labute approximate surface area is 92.8 Å². The van der Waals surface area contributed by atoms with Crippen LogP contribution >= 0.6 is 0 Å². The molecule has 3 heteroatoms. The van der Waals surface area contributed by atoms with Crippen LogP contribution in [0.25, 0.3) is 0 Å². The van der Waals surface area contributed by atoms with Crippen molar-refractivity contribution in [3.05, 3.63) is 0 Å². The van der Waals surface area contributed by atoms with E-state index in [1.54, 1.807) is 7.11 Å². The highest BCUT2D eigenvalue weighted by Gasteiger charge is 2.28. The van der Waals surface area contributed by atoms with Crippen molar-refractivity contribution in [1.82, 2.24) is 4.90 Å². The van der Waals surface area contributed by atoms with Crippen LogP contribution in [-0.4, -0.2) is 43.0 Å². The molecule has 1 aliphatic heterocycles. The summed E-state index contributed by atoms with van der Waals surface area (Å²) >= 11 is 0. The molecule has 0 aromatic carbocycles. The van der Waals surface area contributed by atoms with Gasteiger partial charge in [0.2, 0.25) is 0 Å². The molecule has 1 aliphatic rings. The largest absolute Gasteiger partial charge is 0.383 e. The smallest absolute Gasteiger partial charge is 0.135 e. The van der Waals surface area contributed by atoms with Crippen LogP contribution in [0.2, 0.25) is 0 Å². The molecule has 0 aromatic rings. The van der Waals surface area contributed by atoms with Crippen molar-refractivity contribution >= 4 is 5.78 Å². The quantitative estimate of drug-likeness (QED) is 0.698. The average molecular weight is 213 g/mol. The van der Waals surface area contributed by atoms with E-state index in [9.17, 15) is 4.79 Å². The van der Waals surface area contributed by atoms with Crippen molar-refractivity contribution in [2.24, 2.45) is 0 Å². The third kappa shape index (κ3) is 3.58. The summed E-state index contributed by atoms with van der Waals surface area (Å²) < 4.78 is 5.26. The molecule has 0 radical (unpaired) electrons. The van der Waals surface area contributed by atoms with Crippen LogP contribution in [0.3, 0.4) is 0 Å². The summed E-state index contributed by atoms with van der Waals surface area (Å²) in [5, 5.41) is 0. The molecular formula is C12H23NO2. The van der Waals surface area contributed by atoms with Crippen LogP contribution in [0.5, 0.6) is 0 Å². The second kappa shape index (κ2) is 6.23. The monoisotopic (exact) mass is 213 g/mol. The maximum atomic E-state index is 11.3. The fraction of sp³-hybridized carbons (Fsp3) is 0.917. The van der Waals surface area contributed by atoms with Crippen molar-refractivity contribution in [2.45, 2.75) is 51.6 Å². The Kier molecular flexibility index (Phi) is 5.26. The van der Waals surface area contributed by atoms with Gasteiger partial charge in [0.15, 0.2) is 0 Å². The highest BCUT2D eigenvalue weighted by atomic mass is 16.5. The number of Topliss-reactive ketones (excluding diaryl/α,β-unsaturated/α-hetero) is 1. The van der Waals surface area contributed by atoms with Crippen LogP contribution in [0.4, 0.5) is 0 Å². The van der Waals surface area contributed by atoms with Crippen molar-refractivity contribution in [3.8, 4) is 0 Å². The van der Waals surface area contributed by atoms with Crippen LogP contribution in [0, 0.1) is 0 Å². The van der Waals surface area contributed by atoms with Gasteiger partial charge < -0.3 is 4.74 Å². The molecule has 0 N–H and O–H groups in total. The number of ether oxygens (including phenoxy) is 1. The third-order valence-corrected chi connectivity index (χ3v) is 3.19. The molecule has 2 atom stereocenters. The fourth-order valence-electron chi connectivity index (χ4n) is 2.44. The summed E-state index contributed by atoms with van der Waals surface area (Å²) in [6.07, 6.45) is 3.76. The van der Waals surface area contributed by atoms with Gasteiger partial charge in [-0.1, -0.05) is 13.3 Å². The lowest BCUT2D eigenvalue weighted by atomic mass is 9.98. The Morgan fingerprint density at radius 3 is 2.87 bits per heavy atom. The van der Waals surface area contributed by atoms with E-state index in [0.717, 1.165) is 19.6 Å². The van der Waals surface area contributed by atoms with Gasteiger partial charge in [-0.25, -0.2) is 0 Å². The average Bonchev–Trinajstić information content (AvgIpc) is 2.17. The molecule has 1 saturated heterocycles. The zero-order chi connectivity index (χ0) is 11.3. The molecule has 1 heterocycles. The van der Waals surface area contributed by atoms with E-state index in [1.807, 2.05) is 0 Å². The molecule has 2 unspecified atom stereocenters. The summed E-state index contributed by atoms with van der Waals surface area (Å²) in [6.45, 7) is 6.04. The Morgan fingerprint density at radius 2 is 2.33 bits per heavy atom. The van der Waals surface area contributed by atoms with Gasteiger partial charge in [0.05, 0.1) is 6.61 Å². The van der Waals surface area contributed by atoms with Crippen LogP contribution in [0.15, 0.2) is 0 Å². The molecule has 0 aromatic heterocycles. The van der Waals surface area contributed by atoms with Crippen molar-refractivity contribution < 1.29 is 9.53 Å². The number of methoxy groups -OCH3 is 1. The highest BCUT2D eigenvalue weighted by molar-refractivity contribution is 5.79. The lowest BCUT2D eigenvalue weighted by Gasteiger charge is -2.38. The van der Waals surface area contributed by atoms with Crippen molar-refractivity contribution in [2.75, 3.05) is 20.3 Å². The summed E-state index contributed by atoms with van der Waals surface area (Å²) in [4.78, 5) is 13.7. The molecule has 3 nitrogen and oxygen atoms in total. The number of carbonyl (C=O) groups excluding carboxylic acids is 1. The third-order valence-electron chi connectivity index (χ3n) is 3.19. The Bertz CT molecular complexity index is 200. The molecule has 0 saturated carbocycles. The molecule has 0 bridgehead atoms. The Morgan fingerprint density at radius 1 is 1.60 bits per heavy atom. The van der Waals surface area contributed by atoms with Gasteiger partial charge in [0.1, 0.15) is 5.78 Å². The molecule has 0 aliphatic carbocycles. The summed E-state index contributed by atoms with van der Waals surface area (Å²) in [6, 6.07) is 0.876. The van der Waals surface area contributed by atoms with E-state index in [-0.39, 0.29) is 0 Å². The van der Waals surface area contributed by atoms with Crippen LogP contribution < -0.4 is 0 Å². The normalized spacial score (nSPS) is 25.5. The lowest BCUT2D eigenvalue weighted by molar-refractivity contribution is -0.124. The predicted octanol–water partition coefficient (Wildman–Crippen LogP) is 1.85. The minimum atomic E-state index is 0.387. The molecule has 0 amide bonds. The number of rotatable bonds is 5. The molecule has 1 fully saturated rings. The minimum Gasteiger partial charge on any atom is -0.383 e. The Hall–Kier alpha value is -0.410. The summed E-state index contributed by atoms with van der Waals surface area (Å²) in [5.41, 5.74) is 0. The lowest BCUT2D eigenvalue weighted by Crippen LogP contribution is -2.48. The second-order valence-corrected chi connectivity index (χ2v) is 4.48. The van der Waals surface area contributed by atoms with Gasteiger partial charge in [-0.2, -0.15) is 0 Å². The predicted molar refractivity (Wildman–Crippen MR) is 61.0 cm³/mol. The van der Waals surface area contributed by atoms with Crippen LogP contribution in [0.1, 0.15) is 39.5 Å². The second-order valence-electron chi connectivity index (χ2n) is 4.48. The zero-order valence-corrected chi connectivity index (χ0v) is 10.2. The van der Waals surface area contributed by atoms with Gasteiger partial charge in [0.25, 0.3) is 0 Å². The zero-order valence-electron chi connectivity index (χ0n) is 10.2. The topological polar surface area (TPSA) is 29.5 Å². The first-order chi connectivity index (χ1) is 7.19. The first kappa shape index (κ1) is 12.7. The van der Waals surface area contributed by atoms with E-state index in [1.165, 1.54) is 6.42 Å². The number of hydrogen-bond acceptors (Lipinski definition) is 3. The van der Waals surface area contributed by atoms with Gasteiger partial charge in [-0.05, 0) is 13.3 Å². The Balaban J connectivity index is 2.53. The van der Waals surface area contributed by atoms with Gasteiger partial charge in [0, 0.05) is 38.6 Å². The highest BCUT2D eigenvalue weighted by Crippen LogP contribution is 2.19. The van der Waals surface area contributed by atoms with E-state index >= 15 is 0 Å². The number of piperidine rings is 1. The number of nitrogens with zero attached hydrogens (tertiary/aromatic N) is 1. The fourth-order valence-corrected chi connectivity index (χ4v) is 2.44. The van der Waals surface area contributed by atoms with E-state index in [0.29, 0.717) is 30.7 Å². The maximum absolute atomic E-state index is 11.3. The molecule has 0 spiro atoms. The van der Waals surface area contributed by atoms with Crippen molar-refractivity contribution in [3.63, 3.8) is 0 Å². The molecular weight excluding hydrogens is 190 g/mol. The number of carbonyl (C=O) groups is 1. The van der Waals surface area contributed by atoms with Crippen molar-refractivity contribution in [1.29, 1.82) is 0 Å². The maximum Gasteiger partial charge on any atom is 0.135 e. The number of likely N-dealkylation sites (tertiary alicyclic amines) is 1. The molecule has 88 valence electrons. The van der Waals surface area contributed by atoms with E-state index in [4.69, 9.17) is 4.74 Å². The van der Waals surface area contributed by atoms with Crippen LogP contribution in [-0.2, 0) is 9.53 Å². The molecule has 15 heavy (non-hydrogen) atoms. The summed E-state index contributed by atoms with van der Waals surface area (Å²) in [7, 11) is 1.75.